The quantitative estimate of drug-likeness (QED) is 0.0799. The Morgan fingerprint density at radius 1 is 0.953 bits per heavy atom. The van der Waals surface area contributed by atoms with E-state index in [0.29, 0.717) is 76.0 Å². The molecule has 14 heteroatoms. The molecule has 346 valence electrons. The summed E-state index contributed by atoms with van der Waals surface area (Å²) in [6, 6.07) is 10.0. The molecule has 1 amide bonds. The van der Waals surface area contributed by atoms with Gasteiger partial charge in [0.25, 0.3) is 0 Å². The van der Waals surface area contributed by atoms with Gasteiger partial charge in [0.05, 0.1) is 11.1 Å². The fourth-order valence-corrected chi connectivity index (χ4v) is 15.8. The first kappa shape index (κ1) is 47.4. The van der Waals surface area contributed by atoms with Gasteiger partial charge in [0.2, 0.25) is 0 Å². The van der Waals surface area contributed by atoms with E-state index >= 15 is 8.78 Å². The number of methoxy groups -OCH3 is 1. The molecule has 3 saturated heterocycles. The molecule has 4 heterocycles. The Balaban J connectivity index is 1.36. The molecule has 0 saturated carbocycles. The summed E-state index contributed by atoms with van der Waals surface area (Å²) < 4.78 is 72.1. The van der Waals surface area contributed by atoms with Crippen molar-refractivity contribution in [2.45, 2.75) is 135 Å². The minimum Gasteiger partial charge on any atom is -0.468 e. The molecular formula is C50H66F3N5O5Si. The van der Waals surface area contributed by atoms with Crippen LogP contribution >= 0.6 is 0 Å². The monoisotopic (exact) mass is 901 g/mol. The molecule has 0 spiro atoms. The molecule has 3 aromatic carbocycles. The van der Waals surface area contributed by atoms with E-state index in [0.717, 1.165) is 19.4 Å². The van der Waals surface area contributed by atoms with Crippen molar-refractivity contribution in [3.8, 4) is 34.4 Å². The molecular weight excluding hydrogens is 836 g/mol. The zero-order valence-corrected chi connectivity index (χ0v) is 40.7. The maximum atomic E-state index is 17.8. The SMILES string of the molecule is COCOc1cc(-c2ccc3c(N4CC(C(C)(C)NC(=O)OC(C)(C)C)C4)nc(OC[C@@]45CCCN4C[C@H](F)C5)nc3c2F)c2c(C#C[Si](C(C)C)(C(C)C)C(C)C)c(F)ccc2c1. The Labute approximate surface area is 378 Å². The molecule has 0 aliphatic carbocycles. The lowest BCUT2D eigenvalue weighted by Gasteiger charge is -2.48. The van der Waals surface area contributed by atoms with Gasteiger partial charge in [-0.3, -0.25) is 4.90 Å². The van der Waals surface area contributed by atoms with E-state index in [4.69, 9.17) is 28.9 Å². The van der Waals surface area contributed by atoms with Crippen LogP contribution in [0.25, 0.3) is 32.8 Å². The molecule has 3 aliphatic heterocycles. The van der Waals surface area contributed by atoms with Crippen molar-refractivity contribution in [3.63, 3.8) is 0 Å². The third-order valence-corrected chi connectivity index (χ3v) is 20.3. The minimum absolute atomic E-state index is 0.00366. The summed E-state index contributed by atoms with van der Waals surface area (Å²) in [6.07, 6.45) is 0.612. The summed E-state index contributed by atoms with van der Waals surface area (Å²) in [4.78, 5) is 26.6. The average Bonchev–Trinajstić information content (AvgIpc) is 3.70. The highest BCUT2D eigenvalue weighted by Crippen LogP contribution is 2.45. The average molecular weight is 902 g/mol. The van der Waals surface area contributed by atoms with Gasteiger partial charge in [-0.15, -0.1) is 5.54 Å². The van der Waals surface area contributed by atoms with Crippen LogP contribution in [0, 0.1) is 29.0 Å². The Bertz CT molecular complexity index is 2440. The first-order valence-electron chi connectivity index (χ1n) is 22.8. The lowest BCUT2D eigenvalue weighted by molar-refractivity contribution is 0.0422. The van der Waals surface area contributed by atoms with Gasteiger partial charge in [0.15, 0.2) is 12.6 Å². The number of carbonyl (C=O) groups is 1. The number of halogens is 3. The smallest absolute Gasteiger partial charge is 0.408 e. The van der Waals surface area contributed by atoms with E-state index in [1.165, 1.54) is 13.2 Å². The molecule has 2 atom stereocenters. The number of hydrogen-bond acceptors (Lipinski definition) is 9. The molecule has 1 aromatic heterocycles. The fraction of sp³-hybridized carbons (Fsp3) is 0.580. The van der Waals surface area contributed by atoms with E-state index in [-0.39, 0.29) is 42.0 Å². The number of carbonyl (C=O) groups excluding carboxylic acids is 1. The van der Waals surface area contributed by atoms with Gasteiger partial charge in [0, 0.05) is 61.0 Å². The van der Waals surface area contributed by atoms with E-state index < -0.39 is 48.7 Å². The number of hydrogen-bond donors (Lipinski definition) is 1. The molecule has 4 aromatic rings. The number of nitrogens with one attached hydrogen (secondary N) is 1. The van der Waals surface area contributed by atoms with Crippen LogP contribution in [0.15, 0.2) is 36.4 Å². The van der Waals surface area contributed by atoms with Crippen molar-refractivity contribution in [2.75, 3.05) is 51.6 Å². The number of amides is 1. The molecule has 0 bridgehead atoms. The van der Waals surface area contributed by atoms with Crippen molar-refractivity contribution < 1.29 is 36.9 Å². The lowest BCUT2D eigenvalue weighted by atomic mass is 9.81. The van der Waals surface area contributed by atoms with Gasteiger partial charge in [-0.2, -0.15) is 9.97 Å². The van der Waals surface area contributed by atoms with Gasteiger partial charge in [-0.05, 0) is 106 Å². The second-order valence-corrected chi connectivity index (χ2v) is 26.2. The zero-order chi connectivity index (χ0) is 46.5. The highest BCUT2D eigenvalue weighted by atomic mass is 28.3. The van der Waals surface area contributed by atoms with E-state index in [1.54, 1.807) is 30.3 Å². The molecule has 3 aliphatic rings. The van der Waals surface area contributed by atoms with Crippen LogP contribution < -0.4 is 19.7 Å². The predicted octanol–water partition coefficient (Wildman–Crippen LogP) is 11.0. The maximum Gasteiger partial charge on any atom is 0.408 e. The molecule has 0 unspecified atom stereocenters. The Morgan fingerprint density at radius 3 is 2.31 bits per heavy atom. The van der Waals surface area contributed by atoms with Gasteiger partial charge in [-0.1, -0.05) is 59.6 Å². The van der Waals surface area contributed by atoms with Crippen LogP contribution in [-0.4, -0.2) is 98.6 Å². The Kier molecular flexibility index (Phi) is 13.3. The number of ether oxygens (including phenoxy) is 4. The number of rotatable bonds is 13. The maximum absolute atomic E-state index is 17.8. The van der Waals surface area contributed by atoms with E-state index in [2.05, 4.69) is 63.2 Å². The zero-order valence-electron chi connectivity index (χ0n) is 39.7. The lowest BCUT2D eigenvalue weighted by Crippen LogP contribution is -2.62. The normalized spacial score (nSPS) is 19.7. The van der Waals surface area contributed by atoms with Gasteiger partial charge in [-0.25, -0.2) is 18.0 Å². The molecule has 7 rings (SSSR count). The van der Waals surface area contributed by atoms with Crippen LogP contribution in [0.4, 0.5) is 23.8 Å². The fourth-order valence-electron chi connectivity index (χ4n) is 10.6. The number of fused-ring (bicyclic) bond motifs is 3. The summed E-state index contributed by atoms with van der Waals surface area (Å²) in [5, 5.41) is 4.58. The van der Waals surface area contributed by atoms with Crippen molar-refractivity contribution in [3.05, 3.63) is 53.6 Å². The first-order chi connectivity index (χ1) is 30.1. The standard InChI is InChI=1S/C50H66F3N5O5Si/c1-30(2)64(31(3)4,32(5)6)21-18-38-41(52)17-14-33-22-36(62-29-60-12)23-40(42(33)38)37-15-16-39-44(43(37)53)54-46(61-28-50-19-13-20-58(50)27-35(51)24-50)55-45(39)57-25-34(26-57)49(10,11)56-47(59)63-48(7,8)9/h14-17,22-23,30-32,34-35H,13,19-20,24-29H2,1-12H3,(H,56,59)/t35-,50+/m1/s1. The van der Waals surface area contributed by atoms with Gasteiger partial charge >= 0.3 is 12.1 Å². The summed E-state index contributed by atoms with van der Waals surface area (Å²) in [5.74, 6) is 3.10. The number of anilines is 1. The molecule has 64 heavy (non-hydrogen) atoms. The summed E-state index contributed by atoms with van der Waals surface area (Å²) in [7, 11) is -0.791. The van der Waals surface area contributed by atoms with Crippen LogP contribution in [0.1, 0.15) is 101 Å². The molecule has 10 nitrogen and oxygen atoms in total. The topological polar surface area (TPSA) is 98.3 Å². The molecule has 0 radical (unpaired) electrons. The van der Waals surface area contributed by atoms with Crippen LogP contribution in [0.5, 0.6) is 11.8 Å². The van der Waals surface area contributed by atoms with Crippen LogP contribution in [0.3, 0.4) is 0 Å². The summed E-state index contributed by atoms with van der Waals surface area (Å²) in [6.45, 7) is 24.9. The largest absolute Gasteiger partial charge is 0.468 e. The molecule has 1 N–H and O–H groups in total. The highest BCUT2D eigenvalue weighted by molar-refractivity contribution is 6.90. The molecule has 3 fully saturated rings. The Morgan fingerprint density at radius 2 is 1.66 bits per heavy atom. The van der Waals surface area contributed by atoms with Crippen LogP contribution in [0.2, 0.25) is 16.6 Å². The van der Waals surface area contributed by atoms with Crippen molar-refractivity contribution in [1.29, 1.82) is 0 Å². The Hall–Kier alpha value is -4.58. The van der Waals surface area contributed by atoms with E-state index in [9.17, 15) is 9.18 Å². The first-order valence-corrected chi connectivity index (χ1v) is 25.0. The predicted molar refractivity (Wildman–Crippen MR) is 251 cm³/mol. The number of benzene rings is 3. The van der Waals surface area contributed by atoms with Crippen molar-refractivity contribution in [2.24, 2.45) is 5.92 Å². The minimum atomic E-state index is -2.31. The van der Waals surface area contributed by atoms with Gasteiger partial charge < -0.3 is 29.2 Å². The highest BCUT2D eigenvalue weighted by Gasteiger charge is 2.50. The number of alkyl halides is 1. The third kappa shape index (κ3) is 9.14. The third-order valence-electron chi connectivity index (χ3n) is 14.0. The number of nitrogens with zero attached hydrogens (tertiary/aromatic N) is 4. The van der Waals surface area contributed by atoms with Crippen LogP contribution in [-0.2, 0) is 9.47 Å². The van der Waals surface area contributed by atoms with E-state index in [1.807, 2.05) is 39.5 Å². The summed E-state index contributed by atoms with van der Waals surface area (Å²) in [5.41, 5.74) is 3.64. The van der Waals surface area contributed by atoms with Crippen molar-refractivity contribution in [1.82, 2.24) is 20.2 Å². The second kappa shape index (κ2) is 18.0. The number of aromatic nitrogens is 2. The van der Waals surface area contributed by atoms with Gasteiger partial charge in [0.1, 0.15) is 49.4 Å². The van der Waals surface area contributed by atoms with Crippen molar-refractivity contribution >= 4 is 41.7 Å². The summed E-state index contributed by atoms with van der Waals surface area (Å²) >= 11 is 0. The number of alkyl carbamates (subject to hydrolysis) is 1. The second-order valence-electron chi connectivity index (χ2n) is 20.7.